The van der Waals surface area contributed by atoms with Crippen molar-refractivity contribution in [1.82, 2.24) is 20.4 Å². The molecule has 4 amide bonds. The Morgan fingerprint density at radius 2 is 1.48 bits per heavy atom. The Balaban J connectivity index is 0. The fourth-order valence-electron chi connectivity index (χ4n) is 7.47. The molecular formula is C41H75FN4O7S3. The third-order valence-electron chi connectivity index (χ3n) is 10.3. The van der Waals surface area contributed by atoms with Crippen LogP contribution in [0.3, 0.4) is 0 Å². The van der Waals surface area contributed by atoms with Crippen LogP contribution in [0.2, 0.25) is 0 Å². The number of methoxy groups -OCH3 is 2. The van der Waals surface area contributed by atoms with E-state index in [0.717, 1.165) is 69.8 Å². The molecule has 2 fully saturated rings. The number of carbonyl (C=O) groups is 4. The minimum absolute atomic E-state index is 0. The van der Waals surface area contributed by atoms with Crippen molar-refractivity contribution < 1.29 is 37.8 Å². The fourth-order valence-corrected chi connectivity index (χ4v) is 7.47. The standard InChI is InChI=1S/C41H69FN4O7.3H2S/c1-9-45(38(47)36(29(2)3)43-40(49)51-7)25-19-15-14-18-23-34(42)22-17-13-11-10-12-16-21-30(4)35-24-20-26-46(35)39(48)37(44-41(50)52-8)33-27-31(5)53-32(6)28-33;;;/h10-11,23,29,31-33,35-37H,4,9,12-22,24-28H2,1-3,5-8H3,(H,43,49)(H,44,50);3*1H2/b11-10+,34-23+;;;/t31-,32+,33?,35-,36-,37?;;;/m0.../s1. The van der Waals surface area contributed by atoms with Crippen LogP contribution in [0.4, 0.5) is 14.0 Å². The predicted octanol–water partition coefficient (Wildman–Crippen LogP) is 8.34. The van der Waals surface area contributed by atoms with Crippen LogP contribution in [0.1, 0.15) is 125 Å². The molecule has 0 aromatic rings. The monoisotopic (exact) mass is 850 g/mol. The summed E-state index contributed by atoms with van der Waals surface area (Å²) < 4.78 is 29.8. The number of ether oxygens (including phenoxy) is 3. The number of carbonyl (C=O) groups excluding carboxylic acids is 4. The lowest BCUT2D eigenvalue weighted by molar-refractivity contribution is -0.138. The van der Waals surface area contributed by atoms with E-state index in [9.17, 15) is 23.6 Å². The molecule has 2 aliphatic heterocycles. The van der Waals surface area contributed by atoms with Crippen LogP contribution in [0.25, 0.3) is 0 Å². The van der Waals surface area contributed by atoms with E-state index in [2.05, 4.69) is 34.1 Å². The van der Waals surface area contributed by atoms with Gasteiger partial charge in [-0.2, -0.15) is 40.5 Å². The summed E-state index contributed by atoms with van der Waals surface area (Å²) in [5, 5.41) is 5.48. The topological polar surface area (TPSA) is 127 Å². The van der Waals surface area contributed by atoms with Gasteiger partial charge >= 0.3 is 12.2 Å². The maximum Gasteiger partial charge on any atom is 0.407 e. The van der Waals surface area contributed by atoms with Gasteiger partial charge in [0.05, 0.1) is 38.3 Å². The molecule has 0 spiro atoms. The van der Waals surface area contributed by atoms with E-state index < -0.39 is 24.3 Å². The number of nitrogens with zero attached hydrogens (tertiary/aromatic N) is 2. The van der Waals surface area contributed by atoms with Crippen LogP contribution >= 0.6 is 40.5 Å². The lowest BCUT2D eigenvalue weighted by atomic mass is 9.85. The molecule has 2 unspecified atom stereocenters. The molecular weight excluding hydrogens is 776 g/mol. The van der Waals surface area contributed by atoms with Gasteiger partial charge in [0.25, 0.3) is 0 Å². The lowest BCUT2D eigenvalue weighted by Gasteiger charge is -2.38. The zero-order chi connectivity index (χ0) is 39.3. The van der Waals surface area contributed by atoms with Crippen LogP contribution in [0.5, 0.6) is 0 Å². The summed E-state index contributed by atoms with van der Waals surface area (Å²) in [6.45, 7) is 15.9. The number of allylic oxidation sites excluding steroid dienone is 4. The molecule has 0 radical (unpaired) electrons. The molecule has 11 nitrogen and oxygen atoms in total. The number of hydrogen-bond donors (Lipinski definition) is 2. The normalized spacial score (nSPS) is 20.5. The zero-order valence-electron chi connectivity index (χ0n) is 35.1. The van der Waals surface area contributed by atoms with Gasteiger partial charge in [0.1, 0.15) is 12.1 Å². The summed E-state index contributed by atoms with van der Waals surface area (Å²) in [5.74, 6) is -0.341. The molecule has 15 heteroatoms. The number of alkyl carbamates (subject to hydrolysis) is 2. The van der Waals surface area contributed by atoms with E-state index in [4.69, 9.17) is 9.47 Å². The first-order valence-corrected chi connectivity index (χ1v) is 19.9. The van der Waals surface area contributed by atoms with Gasteiger partial charge in [-0.05, 0) is 116 Å². The summed E-state index contributed by atoms with van der Waals surface area (Å²) in [7, 11) is 2.60. The molecule has 2 saturated heterocycles. The van der Waals surface area contributed by atoms with Crippen molar-refractivity contribution in [2.75, 3.05) is 33.9 Å². The smallest absolute Gasteiger partial charge is 0.407 e. The molecule has 0 aliphatic carbocycles. The Morgan fingerprint density at radius 1 is 0.893 bits per heavy atom. The summed E-state index contributed by atoms with van der Waals surface area (Å²) in [5.41, 5.74) is 1.05. The molecule has 0 aromatic heterocycles. The van der Waals surface area contributed by atoms with E-state index in [1.54, 1.807) is 11.0 Å². The van der Waals surface area contributed by atoms with Gasteiger partial charge in [-0.15, -0.1) is 0 Å². The van der Waals surface area contributed by atoms with Crippen LogP contribution < -0.4 is 10.6 Å². The first-order chi connectivity index (χ1) is 25.3. The average Bonchev–Trinajstić information content (AvgIpc) is 3.62. The summed E-state index contributed by atoms with van der Waals surface area (Å²) in [6, 6.07) is -1.32. The molecule has 2 aliphatic rings. The minimum atomic E-state index is -0.657. The van der Waals surface area contributed by atoms with E-state index >= 15 is 0 Å². The van der Waals surface area contributed by atoms with Crippen molar-refractivity contribution in [3.8, 4) is 0 Å². The van der Waals surface area contributed by atoms with Crippen molar-refractivity contribution in [3.63, 3.8) is 0 Å². The molecule has 2 heterocycles. The van der Waals surface area contributed by atoms with Gasteiger partial charge in [-0.1, -0.05) is 50.6 Å². The third kappa shape index (κ3) is 19.9. The number of hydrogen-bond acceptors (Lipinski definition) is 7. The lowest BCUT2D eigenvalue weighted by Crippen LogP contribution is -2.55. The van der Waals surface area contributed by atoms with Gasteiger partial charge in [-0.25, -0.2) is 14.0 Å². The van der Waals surface area contributed by atoms with Gasteiger partial charge in [-0.3, -0.25) is 9.59 Å². The molecule has 56 heavy (non-hydrogen) atoms. The zero-order valence-corrected chi connectivity index (χ0v) is 38.1. The molecule has 0 bridgehead atoms. The Bertz CT molecular complexity index is 1230. The van der Waals surface area contributed by atoms with Crippen molar-refractivity contribution in [2.45, 2.75) is 155 Å². The first-order valence-electron chi connectivity index (χ1n) is 19.9. The second-order valence-corrected chi connectivity index (χ2v) is 15.0. The molecule has 0 saturated carbocycles. The Morgan fingerprint density at radius 3 is 2.05 bits per heavy atom. The second-order valence-electron chi connectivity index (χ2n) is 15.0. The Kier molecular flexibility index (Phi) is 30.5. The third-order valence-corrected chi connectivity index (χ3v) is 10.3. The van der Waals surface area contributed by atoms with Crippen LogP contribution in [0, 0.1) is 11.8 Å². The number of nitrogens with one attached hydrogen (secondary N) is 2. The number of rotatable bonds is 22. The van der Waals surface area contributed by atoms with Crippen LogP contribution in [-0.4, -0.2) is 98.0 Å². The summed E-state index contributed by atoms with van der Waals surface area (Å²) in [4.78, 5) is 54.4. The fraction of sp³-hybridized carbons (Fsp3) is 0.756. The molecule has 2 N–H and O–H groups in total. The molecule has 2 rings (SSSR count). The van der Waals surface area contributed by atoms with E-state index in [1.165, 1.54) is 14.2 Å². The van der Waals surface area contributed by atoms with Crippen LogP contribution in [-0.2, 0) is 23.8 Å². The number of likely N-dealkylation sites (N-methyl/N-ethyl adjacent to an activating group) is 1. The van der Waals surface area contributed by atoms with Gasteiger partial charge in [0.15, 0.2) is 0 Å². The SMILES string of the molecule is C=C(CCC/C=C/CCC/C(F)=C\CCCCCN(CC)C(=O)[C@@H](NC(=O)OC)C(C)C)[C@@H]1CCCN1C(=O)C(NC(=O)OC)C1C[C@@H](C)O[C@@H](C)C1.S.S.S. The highest BCUT2D eigenvalue weighted by molar-refractivity contribution is 7.59. The first kappa shape index (κ1) is 55.7. The van der Waals surface area contributed by atoms with Crippen LogP contribution in [0.15, 0.2) is 36.2 Å². The average molecular weight is 851 g/mol. The highest BCUT2D eigenvalue weighted by Crippen LogP contribution is 2.32. The maximum atomic E-state index is 14.4. The molecule has 326 valence electrons. The van der Waals surface area contributed by atoms with Crippen molar-refractivity contribution >= 4 is 64.5 Å². The second kappa shape index (κ2) is 30.7. The number of unbranched alkanes of at least 4 members (excludes halogenated alkanes) is 5. The largest absolute Gasteiger partial charge is 0.453 e. The quantitative estimate of drug-likeness (QED) is 0.0829. The summed E-state index contributed by atoms with van der Waals surface area (Å²) >= 11 is 0. The number of amides is 4. The van der Waals surface area contributed by atoms with E-state index in [1.807, 2.05) is 39.5 Å². The summed E-state index contributed by atoms with van der Waals surface area (Å²) in [6.07, 6.45) is 15.8. The van der Waals surface area contributed by atoms with Crippen molar-refractivity contribution in [1.29, 1.82) is 0 Å². The van der Waals surface area contributed by atoms with Gasteiger partial charge in [0, 0.05) is 19.6 Å². The number of likely N-dealkylation sites (tertiary alicyclic amines) is 1. The van der Waals surface area contributed by atoms with E-state index in [-0.39, 0.29) is 88.2 Å². The highest BCUT2D eigenvalue weighted by Gasteiger charge is 2.41. The number of halogens is 1. The van der Waals surface area contributed by atoms with Gasteiger partial charge < -0.3 is 34.6 Å². The van der Waals surface area contributed by atoms with Crippen molar-refractivity contribution in [3.05, 3.63) is 36.2 Å². The Hall–Kier alpha value is -2.36. The van der Waals surface area contributed by atoms with Crippen molar-refractivity contribution in [2.24, 2.45) is 11.8 Å². The predicted molar refractivity (Wildman–Crippen MR) is 238 cm³/mol. The van der Waals surface area contributed by atoms with Gasteiger partial charge in [0.2, 0.25) is 11.8 Å². The Labute approximate surface area is 358 Å². The van der Waals surface area contributed by atoms with E-state index in [0.29, 0.717) is 45.3 Å². The molecule has 0 aromatic carbocycles. The minimum Gasteiger partial charge on any atom is -0.453 e. The highest BCUT2D eigenvalue weighted by atomic mass is 32.1. The molecule has 6 atom stereocenters. The maximum absolute atomic E-state index is 14.4.